The van der Waals surface area contributed by atoms with E-state index in [4.69, 9.17) is 16.3 Å². The normalized spacial score (nSPS) is 14.2. The van der Waals surface area contributed by atoms with E-state index >= 15 is 0 Å². The first kappa shape index (κ1) is 21.2. The molecule has 0 fully saturated rings. The number of hydrogen-bond donors (Lipinski definition) is 3. The van der Waals surface area contributed by atoms with Crippen molar-refractivity contribution in [2.24, 2.45) is 0 Å². The number of amides is 1. The number of rotatable bonds is 6. The summed E-state index contributed by atoms with van der Waals surface area (Å²) in [5, 5.41) is 15.9. The van der Waals surface area contributed by atoms with E-state index in [9.17, 15) is 9.90 Å². The third-order valence-electron chi connectivity index (χ3n) is 5.66. The number of ether oxygens (including phenoxy) is 1. The van der Waals surface area contributed by atoms with Crippen molar-refractivity contribution in [2.45, 2.75) is 25.9 Å². The number of anilines is 2. The summed E-state index contributed by atoms with van der Waals surface area (Å²) in [5.74, 6) is 1.32. The van der Waals surface area contributed by atoms with E-state index < -0.39 is 5.54 Å². The van der Waals surface area contributed by atoms with Gasteiger partial charge in [-0.2, -0.15) is 0 Å². The second kappa shape index (κ2) is 8.06. The number of aliphatic hydroxyl groups is 1. The fourth-order valence-electron chi connectivity index (χ4n) is 4.12. The zero-order chi connectivity index (χ0) is 23.2. The molecule has 33 heavy (non-hydrogen) atoms. The van der Waals surface area contributed by atoms with Crippen molar-refractivity contribution in [3.05, 3.63) is 71.1 Å². The van der Waals surface area contributed by atoms with Crippen molar-refractivity contribution in [2.75, 3.05) is 11.9 Å². The molecule has 0 saturated carbocycles. The molecule has 1 amide bonds. The largest absolute Gasteiger partial charge is 0.455 e. The Labute approximate surface area is 195 Å². The molecule has 4 aromatic rings. The minimum absolute atomic E-state index is 0.00831. The van der Waals surface area contributed by atoms with Crippen LogP contribution in [-0.2, 0) is 12.1 Å². The molecule has 3 heterocycles. The van der Waals surface area contributed by atoms with Gasteiger partial charge in [-0.1, -0.05) is 23.7 Å². The first-order valence-electron chi connectivity index (χ1n) is 10.5. The summed E-state index contributed by atoms with van der Waals surface area (Å²) in [5.41, 5.74) is 3.22. The van der Waals surface area contributed by atoms with Crippen LogP contribution in [0.3, 0.4) is 0 Å². The van der Waals surface area contributed by atoms with Crippen molar-refractivity contribution >= 4 is 40.0 Å². The van der Waals surface area contributed by atoms with E-state index in [1.807, 2.05) is 48.9 Å². The molecular formula is C24H22ClN5O3. The summed E-state index contributed by atoms with van der Waals surface area (Å²) in [6, 6.07) is 12.7. The molecule has 0 unspecified atom stereocenters. The maximum absolute atomic E-state index is 12.5. The van der Waals surface area contributed by atoms with Gasteiger partial charge in [0.25, 0.3) is 5.91 Å². The third kappa shape index (κ3) is 3.77. The Morgan fingerprint density at radius 2 is 2.03 bits per heavy atom. The lowest BCUT2D eigenvalue weighted by Crippen LogP contribution is -2.32. The van der Waals surface area contributed by atoms with Crippen LogP contribution in [0.5, 0.6) is 11.5 Å². The average molecular weight is 464 g/mol. The molecule has 0 radical (unpaired) electrons. The summed E-state index contributed by atoms with van der Waals surface area (Å²) in [7, 11) is 0. The second-order valence-electron chi connectivity index (χ2n) is 8.32. The highest BCUT2D eigenvalue weighted by atomic mass is 35.5. The summed E-state index contributed by atoms with van der Waals surface area (Å²) in [6.07, 6.45) is 3.34. The molecule has 0 aliphatic carbocycles. The third-order valence-corrected chi connectivity index (χ3v) is 5.95. The predicted octanol–water partition coefficient (Wildman–Crippen LogP) is 4.59. The van der Waals surface area contributed by atoms with Crippen LogP contribution < -0.4 is 15.4 Å². The number of carbonyl (C=O) groups is 1. The zero-order valence-electron chi connectivity index (χ0n) is 18.1. The molecule has 2 aromatic carbocycles. The SMILES string of the molecule is CC1(C)NC(=O)c2c(Oc3ccc(Nc4ncnc5ccn(CCO)c45)cc3Cl)cccc21. The minimum atomic E-state index is -0.458. The van der Waals surface area contributed by atoms with Crippen LogP contribution in [0.2, 0.25) is 5.02 Å². The quantitative estimate of drug-likeness (QED) is 0.386. The summed E-state index contributed by atoms with van der Waals surface area (Å²) < 4.78 is 7.94. The molecule has 1 aliphatic heterocycles. The molecule has 0 spiro atoms. The Morgan fingerprint density at radius 1 is 1.18 bits per heavy atom. The van der Waals surface area contributed by atoms with E-state index in [-0.39, 0.29) is 12.5 Å². The predicted molar refractivity (Wildman–Crippen MR) is 126 cm³/mol. The van der Waals surface area contributed by atoms with E-state index in [1.165, 1.54) is 6.33 Å². The maximum atomic E-state index is 12.5. The van der Waals surface area contributed by atoms with Gasteiger partial charge in [-0.05, 0) is 49.7 Å². The molecule has 8 nitrogen and oxygen atoms in total. The van der Waals surface area contributed by atoms with Crippen molar-refractivity contribution in [3.63, 3.8) is 0 Å². The molecular weight excluding hydrogens is 442 g/mol. The number of aliphatic hydroxyl groups excluding tert-OH is 1. The molecule has 1 aliphatic rings. The van der Waals surface area contributed by atoms with Crippen LogP contribution in [0.15, 0.2) is 55.0 Å². The summed E-state index contributed by atoms with van der Waals surface area (Å²) in [6.45, 7) is 4.35. The van der Waals surface area contributed by atoms with Gasteiger partial charge in [0.05, 0.1) is 28.2 Å². The summed E-state index contributed by atoms with van der Waals surface area (Å²) in [4.78, 5) is 21.2. The number of nitrogens with zero attached hydrogens (tertiary/aromatic N) is 3. The van der Waals surface area contributed by atoms with Crippen LogP contribution in [-0.4, -0.2) is 32.2 Å². The van der Waals surface area contributed by atoms with E-state index in [0.717, 1.165) is 16.6 Å². The van der Waals surface area contributed by atoms with E-state index in [0.29, 0.717) is 40.1 Å². The van der Waals surface area contributed by atoms with E-state index in [1.54, 1.807) is 18.2 Å². The Balaban J connectivity index is 1.43. The molecule has 9 heteroatoms. The Kier molecular flexibility index (Phi) is 5.19. The molecule has 0 saturated heterocycles. The van der Waals surface area contributed by atoms with Crippen molar-refractivity contribution in [1.29, 1.82) is 0 Å². The van der Waals surface area contributed by atoms with Gasteiger partial charge in [0.15, 0.2) is 5.82 Å². The second-order valence-corrected chi connectivity index (χ2v) is 8.73. The molecule has 0 atom stereocenters. The van der Waals surface area contributed by atoms with Gasteiger partial charge in [0, 0.05) is 18.4 Å². The minimum Gasteiger partial charge on any atom is -0.455 e. The molecule has 5 rings (SSSR count). The average Bonchev–Trinajstić information content (AvgIpc) is 3.29. The number of halogens is 1. The molecule has 2 aromatic heterocycles. The topological polar surface area (TPSA) is 101 Å². The number of carbonyl (C=O) groups excluding carboxylic acids is 1. The van der Waals surface area contributed by atoms with Crippen molar-refractivity contribution < 1.29 is 14.6 Å². The summed E-state index contributed by atoms with van der Waals surface area (Å²) >= 11 is 6.53. The van der Waals surface area contributed by atoms with Crippen molar-refractivity contribution in [3.8, 4) is 11.5 Å². The zero-order valence-corrected chi connectivity index (χ0v) is 18.8. The van der Waals surface area contributed by atoms with Gasteiger partial charge in [-0.15, -0.1) is 0 Å². The van der Waals surface area contributed by atoms with Crippen LogP contribution in [0.25, 0.3) is 11.0 Å². The fourth-order valence-corrected chi connectivity index (χ4v) is 4.34. The highest BCUT2D eigenvalue weighted by Gasteiger charge is 2.37. The van der Waals surface area contributed by atoms with Gasteiger partial charge in [-0.3, -0.25) is 4.79 Å². The number of nitrogens with one attached hydrogen (secondary N) is 2. The lowest BCUT2D eigenvalue weighted by molar-refractivity contribution is 0.0938. The first-order chi connectivity index (χ1) is 15.9. The fraction of sp³-hybridized carbons (Fsp3) is 0.208. The monoisotopic (exact) mass is 463 g/mol. The molecule has 0 bridgehead atoms. The number of benzene rings is 2. The highest BCUT2D eigenvalue weighted by Crippen LogP contribution is 2.40. The Hall–Kier alpha value is -3.62. The van der Waals surface area contributed by atoms with Gasteiger partial charge in [0.2, 0.25) is 0 Å². The number of hydrogen-bond acceptors (Lipinski definition) is 6. The van der Waals surface area contributed by atoms with Crippen molar-refractivity contribution in [1.82, 2.24) is 19.9 Å². The van der Waals surface area contributed by atoms with Crippen LogP contribution in [0.1, 0.15) is 29.8 Å². The highest BCUT2D eigenvalue weighted by molar-refractivity contribution is 6.32. The Bertz CT molecular complexity index is 1380. The van der Waals surface area contributed by atoms with Gasteiger partial charge in [-0.25, -0.2) is 9.97 Å². The molecule has 168 valence electrons. The number of aromatic nitrogens is 3. The van der Waals surface area contributed by atoms with E-state index in [2.05, 4.69) is 20.6 Å². The van der Waals surface area contributed by atoms with Crippen LogP contribution in [0, 0.1) is 0 Å². The smallest absolute Gasteiger partial charge is 0.256 e. The molecule has 3 N–H and O–H groups in total. The lowest BCUT2D eigenvalue weighted by atomic mass is 9.94. The van der Waals surface area contributed by atoms with Gasteiger partial charge < -0.3 is 25.0 Å². The lowest BCUT2D eigenvalue weighted by Gasteiger charge is -2.19. The first-order valence-corrected chi connectivity index (χ1v) is 10.9. The Morgan fingerprint density at radius 3 is 2.82 bits per heavy atom. The number of fused-ring (bicyclic) bond motifs is 2. The van der Waals surface area contributed by atoms with Gasteiger partial charge in [0.1, 0.15) is 23.3 Å². The van der Waals surface area contributed by atoms with Crippen LogP contribution >= 0.6 is 11.6 Å². The maximum Gasteiger partial charge on any atom is 0.256 e. The van der Waals surface area contributed by atoms with Crippen LogP contribution in [0.4, 0.5) is 11.5 Å². The van der Waals surface area contributed by atoms with Gasteiger partial charge >= 0.3 is 0 Å². The standard InChI is InChI=1S/C24H22ClN5O3/c1-24(2)15-4-3-5-19(20(15)23(32)29-24)33-18-7-6-14(12-16(18)25)28-22-21-17(26-13-27-22)8-9-30(21)10-11-31/h3-9,12-13,31H,10-11H2,1-2H3,(H,29,32)(H,26,27,28).